The lowest BCUT2D eigenvalue weighted by atomic mass is 9.65. The van der Waals surface area contributed by atoms with Crippen molar-refractivity contribution in [2.45, 2.75) is 64.2 Å². The molecule has 0 nitrogen and oxygen atoms in total. The Bertz CT molecular complexity index is 103. The molecule has 1 spiro atoms. The average molecular weight is 225 g/mol. The quantitative estimate of drug-likeness (QED) is 0.558. The van der Waals surface area contributed by atoms with Crippen molar-refractivity contribution >= 4 is 24.8 Å². The summed E-state index contributed by atoms with van der Waals surface area (Å²) in [4.78, 5) is 0. The van der Waals surface area contributed by atoms with Gasteiger partial charge < -0.3 is 0 Å². The molecule has 0 aromatic rings. The molecular weight excluding hydrogens is 203 g/mol. The Labute approximate surface area is 94.7 Å². The van der Waals surface area contributed by atoms with E-state index in [2.05, 4.69) is 0 Å². The van der Waals surface area contributed by atoms with E-state index in [1.54, 1.807) is 25.7 Å². The highest BCUT2D eigenvalue weighted by Crippen LogP contribution is 2.47. The Morgan fingerprint density at radius 1 is 0.462 bits per heavy atom. The third-order valence-electron chi connectivity index (χ3n) is 3.83. The number of rotatable bonds is 0. The summed E-state index contributed by atoms with van der Waals surface area (Å²) in [6.45, 7) is 0. The first-order chi connectivity index (χ1) is 5.41. The van der Waals surface area contributed by atoms with Gasteiger partial charge in [-0.1, -0.05) is 38.5 Å². The lowest BCUT2D eigenvalue weighted by Crippen LogP contribution is -2.26. The van der Waals surface area contributed by atoms with Crippen molar-refractivity contribution in [3.63, 3.8) is 0 Å². The Morgan fingerprint density at radius 3 is 1.08 bits per heavy atom. The van der Waals surface area contributed by atoms with Crippen LogP contribution in [0.3, 0.4) is 0 Å². The zero-order chi connectivity index (χ0) is 7.57. The second-order valence-electron chi connectivity index (χ2n) is 4.62. The highest BCUT2D eigenvalue weighted by Gasteiger charge is 2.32. The van der Waals surface area contributed by atoms with Crippen molar-refractivity contribution in [3.05, 3.63) is 0 Å². The molecule has 2 saturated carbocycles. The summed E-state index contributed by atoms with van der Waals surface area (Å²) in [7, 11) is 0. The molecule has 2 rings (SSSR count). The van der Waals surface area contributed by atoms with Crippen molar-refractivity contribution in [1.82, 2.24) is 0 Å². The Balaban J connectivity index is 0.000000720. The maximum atomic E-state index is 1.56. The monoisotopic (exact) mass is 224 g/mol. The topological polar surface area (TPSA) is 0 Å². The maximum absolute atomic E-state index is 1.56. The van der Waals surface area contributed by atoms with Crippen LogP contribution in [0.25, 0.3) is 0 Å². The second-order valence-corrected chi connectivity index (χ2v) is 4.62. The molecule has 2 heteroatoms. The smallest absolute Gasteiger partial charge is 0.0297 e. The molecule has 0 bridgehead atoms. The van der Waals surface area contributed by atoms with Crippen LogP contribution in [-0.2, 0) is 0 Å². The maximum Gasteiger partial charge on any atom is -0.0297 e. The molecule has 0 saturated heterocycles. The van der Waals surface area contributed by atoms with Crippen LogP contribution in [0, 0.1) is 5.41 Å². The summed E-state index contributed by atoms with van der Waals surface area (Å²) in [5.74, 6) is 0. The molecule has 0 unspecified atom stereocenters. The van der Waals surface area contributed by atoms with Gasteiger partial charge in [0.1, 0.15) is 0 Å². The van der Waals surface area contributed by atoms with Crippen LogP contribution in [0.1, 0.15) is 64.2 Å². The van der Waals surface area contributed by atoms with Gasteiger partial charge in [0.25, 0.3) is 0 Å². The highest BCUT2D eigenvalue weighted by molar-refractivity contribution is 5.85. The molecule has 2 fully saturated rings. The molecule has 0 heterocycles. The summed E-state index contributed by atoms with van der Waals surface area (Å²) in [5.41, 5.74) is 0.858. The normalized spacial score (nSPS) is 25.8. The predicted molar refractivity (Wildman–Crippen MR) is 63.1 cm³/mol. The summed E-state index contributed by atoms with van der Waals surface area (Å²) in [6.07, 6.45) is 15.4. The lowest BCUT2D eigenvalue weighted by molar-refractivity contribution is 0.124. The van der Waals surface area contributed by atoms with Crippen molar-refractivity contribution in [1.29, 1.82) is 0 Å². The van der Waals surface area contributed by atoms with Gasteiger partial charge in [0.2, 0.25) is 0 Å². The predicted octanol–water partition coefficient (Wildman–Crippen LogP) is 4.74. The van der Waals surface area contributed by atoms with E-state index < -0.39 is 0 Å². The fourth-order valence-electron chi connectivity index (χ4n) is 3.10. The van der Waals surface area contributed by atoms with Gasteiger partial charge in [-0.3, -0.25) is 0 Å². The molecule has 2 aliphatic rings. The summed E-state index contributed by atoms with van der Waals surface area (Å²) in [6, 6.07) is 0. The zero-order valence-electron chi connectivity index (χ0n) is 8.39. The molecule has 13 heavy (non-hydrogen) atoms. The van der Waals surface area contributed by atoms with Crippen molar-refractivity contribution < 1.29 is 0 Å². The van der Waals surface area contributed by atoms with Crippen LogP contribution in [0.4, 0.5) is 0 Å². The molecule has 0 N–H and O–H groups in total. The Kier molecular flexibility index (Phi) is 6.41. The van der Waals surface area contributed by atoms with Crippen LogP contribution in [0.15, 0.2) is 0 Å². The van der Waals surface area contributed by atoms with Crippen LogP contribution in [-0.4, -0.2) is 0 Å². The SMILES string of the molecule is C1CCC2(CC1)CCCCC2.Cl.Cl. The van der Waals surface area contributed by atoms with Crippen molar-refractivity contribution in [2.24, 2.45) is 5.41 Å². The minimum Gasteiger partial charge on any atom is -0.147 e. The third kappa shape index (κ3) is 3.32. The molecule has 0 radical (unpaired) electrons. The van der Waals surface area contributed by atoms with Crippen LogP contribution >= 0.6 is 24.8 Å². The lowest BCUT2D eigenvalue weighted by Gasteiger charge is -2.40. The van der Waals surface area contributed by atoms with Crippen molar-refractivity contribution in [2.75, 3.05) is 0 Å². The van der Waals surface area contributed by atoms with Gasteiger partial charge in [-0.25, -0.2) is 0 Å². The van der Waals surface area contributed by atoms with E-state index in [9.17, 15) is 0 Å². The molecule has 0 atom stereocenters. The third-order valence-corrected chi connectivity index (χ3v) is 3.83. The Morgan fingerprint density at radius 2 is 0.769 bits per heavy atom. The van der Waals surface area contributed by atoms with Crippen molar-refractivity contribution in [3.8, 4) is 0 Å². The molecule has 80 valence electrons. The summed E-state index contributed by atoms with van der Waals surface area (Å²) in [5, 5.41) is 0. The van der Waals surface area contributed by atoms with Gasteiger partial charge in [0, 0.05) is 0 Å². The van der Waals surface area contributed by atoms with E-state index in [-0.39, 0.29) is 24.8 Å². The van der Waals surface area contributed by atoms with E-state index in [0.29, 0.717) is 0 Å². The summed E-state index contributed by atoms with van der Waals surface area (Å²) < 4.78 is 0. The van der Waals surface area contributed by atoms with E-state index >= 15 is 0 Å². The largest absolute Gasteiger partial charge is 0.147 e. The molecule has 0 aromatic heterocycles. The van der Waals surface area contributed by atoms with E-state index in [1.807, 2.05) is 0 Å². The number of hydrogen-bond acceptors (Lipinski definition) is 0. The standard InChI is InChI=1S/C11H20.2ClH/c1-3-7-11(8-4-1)9-5-2-6-10-11;;/h1-10H2;2*1H. The molecular formula is C11H22Cl2. The first-order valence-corrected chi connectivity index (χ1v) is 5.41. The van der Waals surface area contributed by atoms with Gasteiger partial charge in [-0.2, -0.15) is 0 Å². The van der Waals surface area contributed by atoms with E-state index in [0.717, 1.165) is 5.41 Å². The van der Waals surface area contributed by atoms with Gasteiger partial charge in [-0.15, -0.1) is 24.8 Å². The second kappa shape index (κ2) is 6.14. The minimum atomic E-state index is 0. The van der Waals surface area contributed by atoms with Crippen LogP contribution in [0.5, 0.6) is 0 Å². The van der Waals surface area contributed by atoms with Crippen LogP contribution < -0.4 is 0 Å². The first kappa shape index (κ1) is 13.6. The zero-order valence-corrected chi connectivity index (χ0v) is 10.0. The summed E-state index contributed by atoms with van der Waals surface area (Å²) >= 11 is 0. The highest BCUT2D eigenvalue weighted by atomic mass is 35.5. The van der Waals surface area contributed by atoms with E-state index in [1.165, 1.54) is 38.5 Å². The van der Waals surface area contributed by atoms with Gasteiger partial charge in [-0.05, 0) is 31.1 Å². The first-order valence-electron chi connectivity index (χ1n) is 5.41. The number of halogens is 2. The van der Waals surface area contributed by atoms with Gasteiger partial charge in [0.15, 0.2) is 0 Å². The fourth-order valence-corrected chi connectivity index (χ4v) is 3.10. The molecule has 0 aliphatic heterocycles. The molecule has 0 aromatic carbocycles. The minimum absolute atomic E-state index is 0. The van der Waals surface area contributed by atoms with Gasteiger partial charge in [0.05, 0.1) is 0 Å². The Hall–Kier alpha value is 0.580. The van der Waals surface area contributed by atoms with E-state index in [4.69, 9.17) is 0 Å². The molecule has 2 aliphatic carbocycles. The average Bonchev–Trinajstić information content (AvgIpc) is 2.07. The van der Waals surface area contributed by atoms with Crippen LogP contribution in [0.2, 0.25) is 0 Å². The molecule has 0 amide bonds. The number of hydrogen-bond donors (Lipinski definition) is 0. The fraction of sp³-hybridized carbons (Fsp3) is 1.00. The van der Waals surface area contributed by atoms with Gasteiger partial charge >= 0.3 is 0 Å².